The molecule has 1 heterocycles. The number of carbonyl (C=O) groups excluding carboxylic acids is 1. The lowest BCUT2D eigenvalue weighted by Crippen LogP contribution is -2.52. The van der Waals surface area contributed by atoms with E-state index in [-0.39, 0.29) is 32.9 Å². The van der Waals surface area contributed by atoms with Gasteiger partial charge in [0, 0.05) is 5.92 Å². The lowest BCUT2D eigenvalue weighted by molar-refractivity contribution is -0.157. The lowest BCUT2D eigenvalue weighted by atomic mass is 9.70. The van der Waals surface area contributed by atoms with Gasteiger partial charge in [0.25, 0.3) is 0 Å². The molecule has 5 rings (SSSR count). The van der Waals surface area contributed by atoms with Crippen LogP contribution in [-0.4, -0.2) is 50.7 Å². The van der Waals surface area contributed by atoms with Gasteiger partial charge < -0.3 is 29.2 Å². The van der Waals surface area contributed by atoms with Gasteiger partial charge in [-0.25, -0.2) is 5.48 Å². The first-order valence-electron chi connectivity index (χ1n) is 12.0. The summed E-state index contributed by atoms with van der Waals surface area (Å²) in [5, 5.41) is 24.8. The highest BCUT2D eigenvalue weighted by Crippen LogP contribution is 2.72. The van der Waals surface area contributed by atoms with Crippen LogP contribution in [-0.2, 0) is 20.8 Å². The molecule has 1 aliphatic carbocycles. The van der Waals surface area contributed by atoms with Crippen LogP contribution in [0.1, 0.15) is 22.6 Å². The number of nitrogens with one attached hydrogen (secondary N) is 1. The molecule has 2 aliphatic rings. The minimum atomic E-state index is -2.29. The van der Waals surface area contributed by atoms with Crippen molar-refractivity contribution in [3.05, 3.63) is 81.3 Å². The zero-order chi connectivity index (χ0) is 28.1. The quantitative estimate of drug-likeness (QED) is 0.363. The smallest absolute Gasteiger partial charge is 0.250 e. The number of fused-ring (bicyclic) bond motifs is 3. The Labute approximate surface area is 235 Å². The number of hydrogen-bond donors (Lipinski definition) is 3. The van der Waals surface area contributed by atoms with E-state index in [2.05, 4.69) is 5.48 Å². The number of aliphatic hydroxyl groups excluding tert-OH is 1. The molecule has 1 fully saturated rings. The topological polar surface area (TPSA) is 116 Å². The molecule has 206 valence electrons. The summed E-state index contributed by atoms with van der Waals surface area (Å²) in [7, 11) is 5.56. The number of hydroxylamine groups is 1. The summed E-state index contributed by atoms with van der Waals surface area (Å²) in [5.41, 5.74) is -0.729. The monoisotopic (exact) mass is 575 g/mol. The fourth-order valence-electron chi connectivity index (χ4n) is 6.09. The molecule has 3 aromatic rings. The van der Waals surface area contributed by atoms with Gasteiger partial charge in [-0.3, -0.25) is 9.63 Å². The third-order valence-electron chi connectivity index (χ3n) is 7.62. The van der Waals surface area contributed by atoms with E-state index in [9.17, 15) is 15.0 Å². The molecule has 1 saturated carbocycles. The molecule has 0 bridgehead atoms. The molecule has 3 N–H and O–H groups in total. The minimum Gasteiger partial charge on any atom is -0.497 e. The van der Waals surface area contributed by atoms with E-state index < -0.39 is 35.0 Å². The van der Waals surface area contributed by atoms with Crippen LogP contribution in [0.4, 0.5) is 0 Å². The second-order valence-electron chi connectivity index (χ2n) is 9.26. The zero-order valence-electron chi connectivity index (χ0n) is 21.5. The summed E-state index contributed by atoms with van der Waals surface area (Å²) in [6.45, 7) is 0. The molecule has 9 nitrogen and oxygen atoms in total. The Morgan fingerprint density at radius 2 is 1.56 bits per heavy atom. The Kier molecular flexibility index (Phi) is 7.07. The van der Waals surface area contributed by atoms with Crippen LogP contribution in [0.25, 0.3) is 0 Å². The van der Waals surface area contributed by atoms with Crippen molar-refractivity contribution in [3.63, 3.8) is 0 Å². The normalized spacial score (nSPS) is 26.8. The van der Waals surface area contributed by atoms with E-state index >= 15 is 0 Å². The number of amides is 1. The first kappa shape index (κ1) is 27.4. The Hall–Kier alpha value is -3.21. The van der Waals surface area contributed by atoms with Crippen molar-refractivity contribution in [2.75, 3.05) is 28.4 Å². The average Bonchev–Trinajstić information content (AvgIpc) is 3.33. The van der Waals surface area contributed by atoms with E-state index in [1.165, 1.54) is 28.4 Å². The molecule has 0 unspecified atom stereocenters. The maximum absolute atomic E-state index is 13.5. The molecular weight excluding hydrogens is 549 g/mol. The van der Waals surface area contributed by atoms with Crippen molar-refractivity contribution >= 4 is 29.1 Å². The summed E-state index contributed by atoms with van der Waals surface area (Å²) in [6.07, 6.45) is -1.74. The van der Waals surface area contributed by atoms with E-state index in [1.807, 2.05) is 6.07 Å². The summed E-state index contributed by atoms with van der Waals surface area (Å²) in [6, 6.07) is 15.8. The van der Waals surface area contributed by atoms with Gasteiger partial charge in [0.05, 0.1) is 39.9 Å². The summed E-state index contributed by atoms with van der Waals surface area (Å²) >= 11 is 13.4. The molecule has 0 spiro atoms. The van der Waals surface area contributed by atoms with Gasteiger partial charge in [-0.1, -0.05) is 65.7 Å². The van der Waals surface area contributed by atoms with Gasteiger partial charge in [-0.05, 0) is 23.3 Å². The van der Waals surface area contributed by atoms with Crippen molar-refractivity contribution in [1.29, 1.82) is 0 Å². The number of carbonyl (C=O) groups is 1. The summed E-state index contributed by atoms with van der Waals surface area (Å²) in [4.78, 5) is 18.4. The highest BCUT2D eigenvalue weighted by atomic mass is 35.5. The van der Waals surface area contributed by atoms with E-state index in [0.29, 0.717) is 16.9 Å². The first-order valence-corrected chi connectivity index (χ1v) is 12.7. The number of hydrogen-bond acceptors (Lipinski definition) is 8. The molecule has 1 aliphatic heterocycles. The predicted octanol–water partition coefficient (Wildman–Crippen LogP) is 3.95. The van der Waals surface area contributed by atoms with E-state index in [1.54, 1.807) is 48.5 Å². The average molecular weight is 576 g/mol. The van der Waals surface area contributed by atoms with Crippen LogP contribution < -0.4 is 24.4 Å². The lowest BCUT2D eigenvalue weighted by Gasteiger charge is -2.40. The Bertz CT molecular complexity index is 1400. The molecule has 11 heteroatoms. The zero-order valence-corrected chi connectivity index (χ0v) is 23.0. The van der Waals surface area contributed by atoms with Gasteiger partial charge in [0.2, 0.25) is 5.91 Å². The molecule has 0 aromatic heterocycles. The van der Waals surface area contributed by atoms with Crippen molar-refractivity contribution in [2.45, 2.75) is 23.2 Å². The molecule has 0 radical (unpaired) electrons. The Morgan fingerprint density at radius 1 is 0.923 bits per heavy atom. The summed E-state index contributed by atoms with van der Waals surface area (Å²) in [5.74, 6) is -2.25. The fraction of sp³-hybridized carbons (Fsp3) is 0.321. The van der Waals surface area contributed by atoms with E-state index in [4.69, 9.17) is 47.0 Å². The second kappa shape index (κ2) is 10.1. The van der Waals surface area contributed by atoms with Gasteiger partial charge in [-0.15, -0.1) is 0 Å². The largest absolute Gasteiger partial charge is 0.497 e. The molecule has 39 heavy (non-hydrogen) atoms. The Balaban J connectivity index is 1.92. The van der Waals surface area contributed by atoms with Gasteiger partial charge in [0.15, 0.2) is 28.5 Å². The van der Waals surface area contributed by atoms with Crippen LogP contribution in [0.2, 0.25) is 10.0 Å². The van der Waals surface area contributed by atoms with Crippen LogP contribution >= 0.6 is 23.2 Å². The Morgan fingerprint density at radius 3 is 2.13 bits per heavy atom. The van der Waals surface area contributed by atoms with Gasteiger partial charge >= 0.3 is 0 Å². The number of aliphatic hydroxyl groups is 2. The standard InChI is InChI=1S/C28H27Cl2NO8/c1-35-16-12-10-15(11-13-16)28-18(14-8-6-5-7-9-14)17(26(33)31-38-4)25(32)27(28,34)19-22(36-2)20(29)24(37-3)21(30)23(19)39-28/h5-13,17-18,25,32,34H,1-4H3,(H,31,33)/t17-,18-,25-,27+,28+/m1/s1. The maximum Gasteiger partial charge on any atom is 0.250 e. The highest BCUT2D eigenvalue weighted by Gasteiger charge is 2.78. The third kappa shape index (κ3) is 3.61. The number of benzene rings is 3. The molecule has 5 atom stereocenters. The second-order valence-corrected chi connectivity index (χ2v) is 10.0. The van der Waals surface area contributed by atoms with Crippen molar-refractivity contribution in [1.82, 2.24) is 5.48 Å². The number of ether oxygens (including phenoxy) is 4. The first-order chi connectivity index (χ1) is 18.7. The van der Waals surface area contributed by atoms with Crippen LogP contribution in [0.15, 0.2) is 54.6 Å². The van der Waals surface area contributed by atoms with Gasteiger partial charge in [0.1, 0.15) is 21.9 Å². The molecule has 1 amide bonds. The highest BCUT2D eigenvalue weighted by molar-refractivity contribution is 6.39. The third-order valence-corrected chi connectivity index (χ3v) is 8.31. The maximum atomic E-state index is 13.5. The van der Waals surface area contributed by atoms with Crippen molar-refractivity contribution in [3.8, 4) is 23.0 Å². The molecular formula is C28H27Cl2NO8. The van der Waals surface area contributed by atoms with E-state index in [0.717, 1.165) is 0 Å². The molecule has 3 aromatic carbocycles. The number of methoxy groups -OCH3 is 3. The molecule has 0 saturated heterocycles. The predicted molar refractivity (Wildman–Crippen MR) is 143 cm³/mol. The van der Waals surface area contributed by atoms with Crippen molar-refractivity contribution in [2.24, 2.45) is 5.92 Å². The van der Waals surface area contributed by atoms with Crippen molar-refractivity contribution < 1.29 is 38.8 Å². The summed E-state index contributed by atoms with van der Waals surface area (Å²) < 4.78 is 23.1. The van der Waals surface area contributed by atoms with Crippen LogP contribution in [0, 0.1) is 5.92 Å². The SMILES string of the molecule is CONC(=O)[C@H]1[C@@H](O)[C@@]2(O)c3c(OC)c(Cl)c(OC)c(Cl)c3O[C@@]2(c2ccc(OC)cc2)[C@@H]1c1ccccc1. The fourth-order valence-corrected chi connectivity index (χ4v) is 6.79. The van der Waals surface area contributed by atoms with Crippen LogP contribution in [0.5, 0.6) is 23.0 Å². The van der Waals surface area contributed by atoms with Gasteiger partial charge in [-0.2, -0.15) is 0 Å². The number of rotatable bonds is 7. The number of halogens is 2. The minimum absolute atomic E-state index is 0.00207. The van der Waals surface area contributed by atoms with Crippen LogP contribution in [0.3, 0.4) is 0 Å².